The first kappa shape index (κ1) is 12.1. The molecule has 2 atom stereocenters. The van der Waals surface area contributed by atoms with Gasteiger partial charge in [-0.25, -0.2) is 0 Å². The molecule has 0 N–H and O–H groups in total. The van der Waals surface area contributed by atoms with E-state index in [2.05, 4.69) is 19.1 Å². The van der Waals surface area contributed by atoms with Gasteiger partial charge in [-0.1, -0.05) is 30.3 Å². The van der Waals surface area contributed by atoms with Crippen molar-refractivity contribution in [2.45, 2.75) is 26.0 Å². The molecule has 1 fully saturated rings. The highest BCUT2D eigenvalue weighted by atomic mass is 16.5. The van der Waals surface area contributed by atoms with Gasteiger partial charge in [-0.15, -0.1) is 0 Å². The Morgan fingerprint density at radius 3 is 2.82 bits per heavy atom. The van der Waals surface area contributed by atoms with Gasteiger partial charge in [0.2, 0.25) is 6.41 Å². The first-order valence-electron chi connectivity index (χ1n) is 6.12. The van der Waals surface area contributed by atoms with Crippen molar-refractivity contribution in [3.63, 3.8) is 0 Å². The Labute approximate surface area is 102 Å². The first-order chi connectivity index (χ1) is 8.29. The van der Waals surface area contributed by atoms with Crippen molar-refractivity contribution in [1.82, 2.24) is 4.90 Å². The van der Waals surface area contributed by atoms with Crippen molar-refractivity contribution in [1.29, 1.82) is 0 Å². The molecule has 1 aliphatic heterocycles. The number of rotatable bonds is 5. The van der Waals surface area contributed by atoms with Crippen LogP contribution in [0.4, 0.5) is 0 Å². The van der Waals surface area contributed by atoms with Crippen molar-refractivity contribution in [3.8, 4) is 0 Å². The topological polar surface area (TPSA) is 29.5 Å². The van der Waals surface area contributed by atoms with E-state index in [0.29, 0.717) is 18.6 Å². The Kier molecular flexibility index (Phi) is 4.15. The third-order valence-corrected chi connectivity index (χ3v) is 3.31. The van der Waals surface area contributed by atoms with Crippen LogP contribution >= 0.6 is 0 Å². The molecule has 1 amide bonds. The monoisotopic (exact) mass is 233 g/mol. The van der Waals surface area contributed by atoms with Gasteiger partial charge in [0.05, 0.1) is 13.2 Å². The van der Waals surface area contributed by atoms with Crippen LogP contribution in [0.1, 0.15) is 18.9 Å². The second-order valence-electron chi connectivity index (χ2n) is 4.75. The summed E-state index contributed by atoms with van der Waals surface area (Å²) in [5, 5.41) is 0. The van der Waals surface area contributed by atoms with Gasteiger partial charge in [-0.2, -0.15) is 0 Å². The van der Waals surface area contributed by atoms with E-state index in [-0.39, 0.29) is 0 Å². The number of nitrogens with zero attached hydrogens (tertiary/aromatic N) is 1. The Morgan fingerprint density at radius 1 is 1.41 bits per heavy atom. The molecule has 1 heterocycles. The average molecular weight is 233 g/mol. The maximum absolute atomic E-state index is 10.7. The average Bonchev–Trinajstić information content (AvgIpc) is 2.71. The van der Waals surface area contributed by atoms with Crippen LogP contribution in [0.3, 0.4) is 0 Å². The maximum atomic E-state index is 10.7. The molecule has 0 unspecified atom stereocenters. The van der Waals surface area contributed by atoms with Gasteiger partial charge >= 0.3 is 0 Å². The molecule has 1 aliphatic rings. The molecule has 92 valence electrons. The van der Waals surface area contributed by atoms with Gasteiger partial charge in [0.25, 0.3) is 0 Å². The summed E-state index contributed by atoms with van der Waals surface area (Å²) in [6, 6.07) is 10.5. The van der Waals surface area contributed by atoms with Gasteiger partial charge in [0.1, 0.15) is 0 Å². The number of hydrogen-bond donors (Lipinski definition) is 0. The maximum Gasteiger partial charge on any atom is 0.209 e. The summed E-state index contributed by atoms with van der Waals surface area (Å²) in [4.78, 5) is 12.6. The summed E-state index contributed by atoms with van der Waals surface area (Å²) in [6.45, 7) is 4.32. The minimum absolute atomic E-state index is 0.359. The van der Waals surface area contributed by atoms with Crippen LogP contribution in [0.2, 0.25) is 0 Å². The summed E-state index contributed by atoms with van der Waals surface area (Å²) in [7, 11) is 0. The molecule has 1 aromatic rings. The largest absolute Gasteiger partial charge is 0.376 e. The van der Waals surface area contributed by atoms with E-state index in [1.54, 1.807) is 0 Å². The molecular weight excluding hydrogens is 214 g/mol. The Balaban J connectivity index is 1.71. The number of likely N-dealkylation sites (tertiary alicyclic amines) is 1. The van der Waals surface area contributed by atoms with Crippen molar-refractivity contribution in [2.24, 2.45) is 5.92 Å². The second kappa shape index (κ2) is 5.82. The zero-order valence-electron chi connectivity index (χ0n) is 10.2. The lowest BCUT2D eigenvalue weighted by atomic mass is 10.1. The highest BCUT2D eigenvalue weighted by Crippen LogP contribution is 2.21. The van der Waals surface area contributed by atoms with Crippen molar-refractivity contribution in [2.75, 3.05) is 13.2 Å². The van der Waals surface area contributed by atoms with E-state index in [0.717, 1.165) is 26.0 Å². The Morgan fingerprint density at radius 2 is 2.18 bits per heavy atom. The zero-order valence-corrected chi connectivity index (χ0v) is 10.2. The predicted octanol–water partition coefficient (Wildman–Crippen LogP) is 2.07. The molecule has 0 radical (unpaired) electrons. The van der Waals surface area contributed by atoms with E-state index in [9.17, 15) is 4.79 Å². The van der Waals surface area contributed by atoms with Crippen LogP contribution in [-0.4, -0.2) is 30.5 Å². The molecular formula is C14H19NO2. The molecule has 2 rings (SSSR count). The number of carbonyl (C=O) groups is 1. The quantitative estimate of drug-likeness (QED) is 0.729. The SMILES string of the molecule is C[C@@H]1C[C@@H](COCc2ccccc2)CN1C=O. The van der Waals surface area contributed by atoms with Crippen molar-refractivity contribution >= 4 is 6.41 Å². The summed E-state index contributed by atoms with van der Waals surface area (Å²) in [5.41, 5.74) is 1.20. The molecule has 3 nitrogen and oxygen atoms in total. The minimum atomic E-state index is 0.359. The number of amides is 1. The van der Waals surface area contributed by atoms with Crippen LogP contribution in [0.15, 0.2) is 30.3 Å². The molecule has 0 aromatic heterocycles. The number of ether oxygens (including phenoxy) is 1. The molecule has 0 aliphatic carbocycles. The fourth-order valence-electron chi connectivity index (χ4n) is 2.36. The summed E-state index contributed by atoms with van der Waals surface area (Å²) < 4.78 is 5.70. The predicted molar refractivity (Wildman–Crippen MR) is 66.4 cm³/mol. The lowest BCUT2D eigenvalue weighted by Crippen LogP contribution is -2.25. The van der Waals surface area contributed by atoms with E-state index < -0.39 is 0 Å². The van der Waals surface area contributed by atoms with E-state index in [4.69, 9.17) is 4.74 Å². The van der Waals surface area contributed by atoms with E-state index >= 15 is 0 Å². The normalized spacial score (nSPS) is 23.9. The fraction of sp³-hybridized carbons (Fsp3) is 0.500. The van der Waals surface area contributed by atoms with Crippen LogP contribution in [0, 0.1) is 5.92 Å². The van der Waals surface area contributed by atoms with E-state index in [1.165, 1.54) is 5.56 Å². The third-order valence-electron chi connectivity index (χ3n) is 3.31. The molecule has 0 spiro atoms. The number of benzene rings is 1. The lowest BCUT2D eigenvalue weighted by Gasteiger charge is -2.13. The molecule has 1 saturated heterocycles. The zero-order chi connectivity index (χ0) is 12.1. The molecule has 0 saturated carbocycles. The Bertz CT molecular complexity index is 352. The van der Waals surface area contributed by atoms with Gasteiger partial charge < -0.3 is 9.64 Å². The first-order valence-corrected chi connectivity index (χ1v) is 6.12. The number of carbonyl (C=O) groups excluding carboxylic acids is 1. The van der Waals surface area contributed by atoms with Crippen LogP contribution in [-0.2, 0) is 16.1 Å². The lowest BCUT2D eigenvalue weighted by molar-refractivity contribution is -0.118. The minimum Gasteiger partial charge on any atom is -0.376 e. The van der Waals surface area contributed by atoms with Crippen LogP contribution < -0.4 is 0 Å². The highest BCUT2D eigenvalue weighted by molar-refractivity contribution is 5.48. The van der Waals surface area contributed by atoms with Crippen LogP contribution in [0.25, 0.3) is 0 Å². The number of hydrogen-bond acceptors (Lipinski definition) is 2. The van der Waals surface area contributed by atoms with Crippen LogP contribution in [0.5, 0.6) is 0 Å². The van der Waals surface area contributed by atoms with Gasteiger partial charge in [-0.05, 0) is 18.9 Å². The fourth-order valence-corrected chi connectivity index (χ4v) is 2.36. The van der Waals surface area contributed by atoms with Gasteiger partial charge in [0.15, 0.2) is 0 Å². The van der Waals surface area contributed by atoms with Gasteiger partial charge in [-0.3, -0.25) is 4.79 Å². The summed E-state index contributed by atoms with van der Waals surface area (Å²) in [5.74, 6) is 0.485. The second-order valence-corrected chi connectivity index (χ2v) is 4.75. The highest BCUT2D eigenvalue weighted by Gasteiger charge is 2.27. The molecule has 0 bridgehead atoms. The van der Waals surface area contributed by atoms with Crippen molar-refractivity contribution < 1.29 is 9.53 Å². The summed E-state index contributed by atoms with van der Waals surface area (Å²) >= 11 is 0. The molecule has 1 aromatic carbocycles. The molecule has 3 heteroatoms. The summed E-state index contributed by atoms with van der Waals surface area (Å²) in [6.07, 6.45) is 2.00. The van der Waals surface area contributed by atoms with Crippen molar-refractivity contribution in [3.05, 3.63) is 35.9 Å². The Hall–Kier alpha value is -1.35. The standard InChI is InChI=1S/C14H19NO2/c1-12-7-14(8-15(12)11-16)10-17-9-13-5-3-2-4-6-13/h2-6,11-12,14H,7-10H2,1H3/t12-,14-/m1/s1. The third kappa shape index (κ3) is 3.30. The smallest absolute Gasteiger partial charge is 0.209 e. The van der Waals surface area contributed by atoms with Gasteiger partial charge in [0, 0.05) is 18.5 Å². The molecule has 17 heavy (non-hydrogen) atoms. The van der Waals surface area contributed by atoms with E-state index in [1.807, 2.05) is 23.1 Å².